The Balaban J connectivity index is 2.83. The van der Waals surface area contributed by atoms with Gasteiger partial charge in [0.25, 0.3) is 0 Å². The standard InChI is InChI=1S/C12H18N2O4S/c1-3-9-5-6-10(7-11(9)13)19(16,17)14-8-12(15)18-4-2/h5-7,14H,3-4,8,13H2,1-2H3. The number of nitrogen functional groups attached to an aromatic ring is 1. The number of nitrogens with one attached hydrogen (secondary N) is 1. The molecular formula is C12H18N2O4S. The second-order valence-electron chi connectivity index (χ2n) is 3.84. The third-order valence-electron chi connectivity index (χ3n) is 2.52. The molecule has 19 heavy (non-hydrogen) atoms. The molecule has 0 aliphatic carbocycles. The highest BCUT2D eigenvalue weighted by atomic mass is 32.2. The van der Waals surface area contributed by atoms with Gasteiger partial charge in [0.05, 0.1) is 11.5 Å². The summed E-state index contributed by atoms with van der Waals surface area (Å²) in [7, 11) is -3.75. The molecule has 0 saturated heterocycles. The second kappa shape index (κ2) is 6.53. The van der Waals surface area contributed by atoms with Crippen LogP contribution in [0.5, 0.6) is 0 Å². The first-order valence-corrected chi connectivity index (χ1v) is 7.42. The average Bonchev–Trinajstić information content (AvgIpc) is 2.37. The molecule has 1 aromatic rings. The molecule has 0 aliphatic rings. The lowest BCUT2D eigenvalue weighted by Crippen LogP contribution is -2.30. The molecule has 0 bridgehead atoms. The summed E-state index contributed by atoms with van der Waals surface area (Å²) in [4.78, 5) is 11.1. The lowest BCUT2D eigenvalue weighted by Gasteiger charge is -2.09. The predicted octanol–water partition coefficient (Wildman–Crippen LogP) is 0.673. The molecule has 106 valence electrons. The molecule has 6 nitrogen and oxygen atoms in total. The van der Waals surface area contributed by atoms with E-state index in [0.29, 0.717) is 5.69 Å². The van der Waals surface area contributed by atoms with Crippen LogP contribution in [0.25, 0.3) is 0 Å². The van der Waals surface area contributed by atoms with Crippen LogP contribution in [0.4, 0.5) is 5.69 Å². The van der Waals surface area contributed by atoms with Crippen molar-refractivity contribution in [2.24, 2.45) is 0 Å². The summed E-state index contributed by atoms with van der Waals surface area (Å²) in [5.41, 5.74) is 7.05. The highest BCUT2D eigenvalue weighted by Gasteiger charge is 2.16. The van der Waals surface area contributed by atoms with Crippen LogP contribution >= 0.6 is 0 Å². The van der Waals surface area contributed by atoms with Crippen LogP contribution < -0.4 is 10.5 Å². The first-order chi connectivity index (χ1) is 8.90. The van der Waals surface area contributed by atoms with Gasteiger partial charge in [0.1, 0.15) is 6.54 Å². The van der Waals surface area contributed by atoms with E-state index in [-0.39, 0.29) is 11.5 Å². The molecule has 0 fully saturated rings. The number of anilines is 1. The molecule has 0 saturated carbocycles. The minimum absolute atomic E-state index is 0.0338. The Kier molecular flexibility index (Phi) is 5.31. The van der Waals surface area contributed by atoms with Crippen LogP contribution in [0.15, 0.2) is 23.1 Å². The minimum atomic E-state index is -3.75. The molecule has 0 amide bonds. The highest BCUT2D eigenvalue weighted by molar-refractivity contribution is 7.89. The Bertz CT molecular complexity index is 555. The number of carbonyl (C=O) groups is 1. The number of aryl methyl sites for hydroxylation is 1. The van der Waals surface area contributed by atoms with Crippen molar-refractivity contribution in [2.45, 2.75) is 25.2 Å². The topological polar surface area (TPSA) is 98.5 Å². The maximum Gasteiger partial charge on any atom is 0.321 e. The van der Waals surface area contributed by atoms with E-state index < -0.39 is 22.5 Å². The number of hydrogen-bond donors (Lipinski definition) is 2. The van der Waals surface area contributed by atoms with E-state index >= 15 is 0 Å². The van der Waals surface area contributed by atoms with Crippen molar-refractivity contribution in [3.63, 3.8) is 0 Å². The van der Waals surface area contributed by atoms with Crippen molar-refractivity contribution < 1.29 is 17.9 Å². The van der Waals surface area contributed by atoms with Gasteiger partial charge < -0.3 is 10.5 Å². The summed E-state index contributed by atoms with van der Waals surface area (Å²) in [5.74, 6) is -0.621. The molecule has 0 radical (unpaired) electrons. The molecule has 1 rings (SSSR count). The summed E-state index contributed by atoms with van der Waals surface area (Å²) in [6.45, 7) is 3.39. The van der Waals surface area contributed by atoms with Gasteiger partial charge in [-0.15, -0.1) is 0 Å². The summed E-state index contributed by atoms with van der Waals surface area (Å²) >= 11 is 0. The Hall–Kier alpha value is -1.60. The molecule has 1 aromatic carbocycles. The van der Waals surface area contributed by atoms with Gasteiger partial charge in [0.15, 0.2) is 0 Å². The van der Waals surface area contributed by atoms with Crippen molar-refractivity contribution in [1.82, 2.24) is 4.72 Å². The lowest BCUT2D eigenvalue weighted by atomic mass is 10.1. The molecule has 0 unspecified atom stereocenters. The van der Waals surface area contributed by atoms with E-state index in [9.17, 15) is 13.2 Å². The van der Waals surface area contributed by atoms with Crippen molar-refractivity contribution in [3.8, 4) is 0 Å². The van der Waals surface area contributed by atoms with Gasteiger partial charge in [-0.25, -0.2) is 8.42 Å². The first-order valence-electron chi connectivity index (χ1n) is 5.94. The van der Waals surface area contributed by atoms with Gasteiger partial charge in [-0.3, -0.25) is 4.79 Å². The van der Waals surface area contributed by atoms with E-state index in [4.69, 9.17) is 5.73 Å². The third-order valence-corrected chi connectivity index (χ3v) is 3.92. The zero-order chi connectivity index (χ0) is 14.5. The predicted molar refractivity (Wildman–Crippen MR) is 72.1 cm³/mol. The number of nitrogens with two attached hydrogens (primary N) is 1. The molecule has 0 aromatic heterocycles. The fourth-order valence-electron chi connectivity index (χ4n) is 1.51. The van der Waals surface area contributed by atoms with Crippen molar-refractivity contribution in [3.05, 3.63) is 23.8 Å². The largest absolute Gasteiger partial charge is 0.465 e. The van der Waals surface area contributed by atoms with Gasteiger partial charge >= 0.3 is 5.97 Å². The fraction of sp³-hybridized carbons (Fsp3) is 0.417. The molecule has 0 heterocycles. The van der Waals surface area contributed by atoms with Crippen LogP contribution in [-0.2, 0) is 26.0 Å². The van der Waals surface area contributed by atoms with Gasteiger partial charge in [-0.1, -0.05) is 13.0 Å². The van der Waals surface area contributed by atoms with Crippen LogP contribution in [-0.4, -0.2) is 27.5 Å². The molecule has 0 aliphatic heterocycles. The quantitative estimate of drug-likeness (QED) is 0.591. The van der Waals surface area contributed by atoms with Crippen LogP contribution in [0.3, 0.4) is 0 Å². The van der Waals surface area contributed by atoms with E-state index in [2.05, 4.69) is 9.46 Å². The van der Waals surface area contributed by atoms with Crippen molar-refractivity contribution in [2.75, 3.05) is 18.9 Å². The van der Waals surface area contributed by atoms with Gasteiger partial charge in [0.2, 0.25) is 10.0 Å². The van der Waals surface area contributed by atoms with E-state index in [1.165, 1.54) is 12.1 Å². The first kappa shape index (κ1) is 15.5. The maximum atomic E-state index is 11.9. The summed E-state index contributed by atoms with van der Waals surface area (Å²) in [6, 6.07) is 4.50. The Morgan fingerprint density at radius 1 is 1.37 bits per heavy atom. The van der Waals surface area contributed by atoms with Crippen molar-refractivity contribution >= 4 is 21.7 Å². The molecule has 0 atom stereocenters. The minimum Gasteiger partial charge on any atom is -0.465 e. The fourth-order valence-corrected chi connectivity index (χ4v) is 2.52. The smallest absolute Gasteiger partial charge is 0.321 e. The molecule has 3 N–H and O–H groups in total. The Morgan fingerprint density at radius 3 is 2.58 bits per heavy atom. The van der Waals surface area contributed by atoms with Crippen LogP contribution in [0, 0.1) is 0 Å². The molecule has 7 heteroatoms. The zero-order valence-electron chi connectivity index (χ0n) is 11.0. The number of carbonyl (C=O) groups excluding carboxylic acids is 1. The van der Waals surface area contributed by atoms with Gasteiger partial charge in [0, 0.05) is 5.69 Å². The Labute approximate surface area is 113 Å². The van der Waals surface area contributed by atoms with E-state index in [1.807, 2.05) is 6.92 Å². The Morgan fingerprint density at radius 2 is 2.05 bits per heavy atom. The second-order valence-corrected chi connectivity index (χ2v) is 5.61. The third kappa shape index (κ3) is 4.22. The molecule has 0 spiro atoms. The number of sulfonamides is 1. The summed E-state index contributed by atoms with van der Waals surface area (Å²) < 4.78 is 30.6. The SMILES string of the molecule is CCOC(=O)CNS(=O)(=O)c1ccc(CC)c(N)c1. The van der Waals surface area contributed by atoms with Crippen LogP contribution in [0.1, 0.15) is 19.4 Å². The monoisotopic (exact) mass is 286 g/mol. The van der Waals surface area contributed by atoms with Crippen LogP contribution in [0.2, 0.25) is 0 Å². The van der Waals surface area contributed by atoms with Gasteiger partial charge in [-0.2, -0.15) is 4.72 Å². The van der Waals surface area contributed by atoms with Crippen molar-refractivity contribution in [1.29, 1.82) is 0 Å². The number of benzene rings is 1. The average molecular weight is 286 g/mol. The number of hydrogen-bond acceptors (Lipinski definition) is 5. The lowest BCUT2D eigenvalue weighted by molar-refractivity contribution is -0.141. The van der Waals surface area contributed by atoms with E-state index in [0.717, 1.165) is 12.0 Å². The summed E-state index contributed by atoms with van der Waals surface area (Å²) in [6.07, 6.45) is 0.725. The molecular weight excluding hydrogens is 268 g/mol. The number of ether oxygens (including phenoxy) is 1. The summed E-state index contributed by atoms with van der Waals surface area (Å²) in [5, 5.41) is 0. The normalized spacial score (nSPS) is 11.3. The zero-order valence-corrected chi connectivity index (χ0v) is 11.8. The number of rotatable bonds is 6. The number of esters is 1. The van der Waals surface area contributed by atoms with Gasteiger partial charge in [-0.05, 0) is 31.0 Å². The maximum absolute atomic E-state index is 11.9. The highest BCUT2D eigenvalue weighted by Crippen LogP contribution is 2.18. The van der Waals surface area contributed by atoms with E-state index in [1.54, 1.807) is 13.0 Å².